The molecule has 1 aromatic heterocycles. The van der Waals surface area contributed by atoms with Gasteiger partial charge in [0.1, 0.15) is 5.69 Å². The zero-order valence-electron chi connectivity index (χ0n) is 11.8. The van der Waals surface area contributed by atoms with Gasteiger partial charge < -0.3 is 9.64 Å². The summed E-state index contributed by atoms with van der Waals surface area (Å²) in [6, 6.07) is 13.1. The fourth-order valence-electron chi connectivity index (χ4n) is 1.92. The molecule has 0 aliphatic heterocycles. The highest BCUT2D eigenvalue weighted by molar-refractivity contribution is 6.30. The van der Waals surface area contributed by atoms with Crippen LogP contribution < -0.4 is 0 Å². The molecule has 0 fully saturated rings. The van der Waals surface area contributed by atoms with E-state index in [-0.39, 0.29) is 5.91 Å². The quantitative estimate of drug-likeness (QED) is 0.824. The van der Waals surface area contributed by atoms with E-state index in [1.807, 2.05) is 30.3 Å². The van der Waals surface area contributed by atoms with Gasteiger partial charge in [-0.1, -0.05) is 41.9 Å². The molecule has 0 spiro atoms. The molecule has 1 amide bonds. The Morgan fingerprint density at radius 1 is 1.24 bits per heavy atom. The lowest BCUT2D eigenvalue weighted by molar-refractivity contribution is 0.0674. The number of hydrogen-bond acceptors (Lipinski definition) is 3. The minimum atomic E-state index is -0.132. The number of carbonyl (C=O) groups excluding carboxylic acids is 1. The van der Waals surface area contributed by atoms with Crippen molar-refractivity contribution in [2.75, 3.05) is 20.3 Å². The van der Waals surface area contributed by atoms with E-state index in [2.05, 4.69) is 4.98 Å². The zero-order chi connectivity index (χ0) is 15.1. The summed E-state index contributed by atoms with van der Waals surface area (Å²) >= 11 is 5.80. The second kappa shape index (κ2) is 7.76. The number of amides is 1. The van der Waals surface area contributed by atoms with E-state index in [9.17, 15) is 4.79 Å². The Kier molecular flexibility index (Phi) is 5.72. The third-order valence-electron chi connectivity index (χ3n) is 3.02. The van der Waals surface area contributed by atoms with E-state index >= 15 is 0 Å². The summed E-state index contributed by atoms with van der Waals surface area (Å²) < 4.78 is 5.08. The largest absolute Gasteiger partial charge is 0.383 e. The number of halogens is 1. The molecule has 0 saturated heterocycles. The van der Waals surface area contributed by atoms with Crippen LogP contribution in [-0.2, 0) is 11.3 Å². The van der Waals surface area contributed by atoms with Crippen molar-refractivity contribution in [3.05, 3.63) is 64.9 Å². The SMILES string of the molecule is COCCN(Cc1ccccc1)C(=O)c1ccc(Cl)cn1. The van der Waals surface area contributed by atoms with Gasteiger partial charge in [-0.15, -0.1) is 0 Å². The summed E-state index contributed by atoms with van der Waals surface area (Å²) in [6.45, 7) is 1.51. The first kappa shape index (κ1) is 15.5. The smallest absolute Gasteiger partial charge is 0.272 e. The molecule has 5 heteroatoms. The Morgan fingerprint density at radius 2 is 2.00 bits per heavy atom. The molecular weight excluding hydrogens is 288 g/mol. The second-order valence-electron chi connectivity index (χ2n) is 4.57. The number of methoxy groups -OCH3 is 1. The molecule has 0 saturated carbocycles. The number of hydrogen-bond donors (Lipinski definition) is 0. The monoisotopic (exact) mass is 304 g/mol. The fraction of sp³-hybridized carbons (Fsp3) is 0.250. The topological polar surface area (TPSA) is 42.4 Å². The van der Waals surface area contributed by atoms with Crippen LogP contribution in [0.4, 0.5) is 0 Å². The van der Waals surface area contributed by atoms with Crippen molar-refractivity contribution < 1.29 is 9.53 Å². The van der Waals surface area contributed by atoms with Crippen LogP contribution >= 0.6 is 11.6 Å². The van der Waals surface area contributed by atoms with Crippen molar-refractivity contribution in [3.8, 4) is 0 Å². The molecule has 0 bridgehead atoms. The third kappa shape index (κ3) is 4.55. The molecule has 0 atom stereocenters. The molecule has 0 unspecified atom stereocenters. The predicted molar refractivity (Wildman–Crippen MR) is 82.3 cm³/mol. The number of carbonyl (C=O) groups is 1. The molecule has 2 rings (SSSR count). The van der Waals surface area contributed by atoms with E-state index in [0.717, 1.165) is 5.56 Å². The molecule has 21 heavy (non-hydrogen) atoms. The number of benzene rings is 1. The van der Waals surface area contributed by atoms with Gasteiger partial charge >= 0.3 is 0 Å². The van der Waals surface area contributed by atoms with Crippen LogP contribution in [0.25, 0.3) is 0 Å². The Labute approximate surface area is 129 Å². The lowest BCUT2D eigenvalue weighted by Crippen LogP contribution is -2.34. The van der Waals surface area contributed by atoms with Crippen LogP contribution in [0.5, 0.6) is 0 Å². The predicted octanol–water partition coefficient (Wildman–Crippen LogP) is 3.02. The number of aromatic nitrogens is 1. The first-order valence-electron chi connectivity index (χ1n) is 6.64. The van der Waals surface area contributed by atoms with E-state index in [1.54, 1.807) is 24.1 Å². The summed E-state index contributed by atoms with van der Waals surface area (Å²) in [5.74, 6) is -0.132. The number of pyridine rings is 1. The van der Waals surface area contributed by atoms with E-state index in [4.69, 9.17) is 16.3 Å². The molecule has 1 heterocycles. The highest BCUT2D eigenvalue weighted by Crippen LogP contribution is 2.11. The van der Waals surface area contributed by atoms with Crippen LogP contribution in [-0.4, -0.2) is 36.1 Å². The summed E-state index contributed by atoms with van der Waals surface area (Å²) in [4.78, 5) is 18.3. The highest BCUT2D eigenvalue weighted by Gasteiger charge is 2.17. The van der Waals surface area contributed by atoms with Crippen molar-refractivity contribution in [2.24, 2.45) is 0 Å². The third-order valence-corrected chi connectivity index (χ3v) is 3.24. The van der Waals surface area contributed by atoms with Gasteiger partial charge in [-0.2, -0.15) is 0 Å². The maximum atomic E-state index is 12.5. The van der Waals surface area contributed by atoms with Crippen LogP contribution in [0.3, 0.4) is 0 Å². The maximum absolute atomic E-state index is 12.5. The van der Waals surface area contributed by atoms with Crippen molar-refractivity contribution in [1.29, 1.82) is 0 Å². The fourth-order valence-corrected chi connectivity index (χ4v) is 2.03. The highest BCUT2D eigenvalue weighted by atomic mass is 35.5. The Morgan fingerprint density at radius 3 is 2.62 bits per heavy atom. The van der Waals surface area contributed by atoms with Gasteiger partial charge in [-0.25, -0.2) is 4.98 Å². The van der Waals surface area contributed by atoms with Gasteiger partial charge in [-0.05, 0) is 17.7 Å². The van der Waals surface area contributed by atoms with E-state index < -0.39 is 0 Å². The van der Waals surface area contributed by atoms with Crippen molar-refractivity contribution >= 4 is 17.5 Å². The second-order valence-corrected chi connectivity index (χ2v) is 5.00. The number of nitrogens with zero attached hydrogens (tertiary/aromatic N) is 2. The lowest BCUT2D eigenvalue weighted by Gasteiger charge is -2.22. The van der Waals surface area contributed by atoms with Crippen molar-refractivity contribution in [1.82, 2.24) is 9.88 Å². The summed E-state index contributed by atoms with van der Waals surface area (Å²) in [5, 5.41) is 0.512. The number of rotatable bonds is 6. The Balaban J connectivity index is 2.14. The first-order valence-corrected chi connectivity index (χ1v) is 7.02. The molecule has 0 aliphatic carbocycles. The van der Waals surface area contributed by atoms with E-state index in [0.29, 0.717) is 30.4 Å². The van der Waals surface area contributed by atoms with Crippen LogP contribution in [0.15, 0.2) is 48.7 Å². The van der Waals surface area contributed by atoms with Gasteiger partial charge in [-0.3, -0.25) is 4.79 Å². The minimum absolute atomic E-state index is 0.132. The molecule has 1 aromatic carbocycles. The summed E-state index contributed by atoms with van der Waals surface area (Å²) in [5.41, 5.74) is 1.45. The average Bonchev–Trinajstić information content (AvgIpc) is 2.52. The molecule has 0 radical (unpaired) electrons. The molecule has 0 aliphatic rings. The zero-order valence-corrected chi connectivity index (χ0v) is 12.6. The van der Waals surface area contributed by atoms with Gasteiger partial charge in [0.2, 0.25) is 0 Å². The summed E-state index contributed by atoms with van der Waals surface area (Å²) in [7, 11) is 1.62. The average molecular weight is 305 g/mol. The summed E-state index contributed by atoms with van der Waals surface area (Å²) in [6.07, 6.45) is 1.48. The standard InChI is InChI=1S/C16H17ClN2O2/c1-21-10-9-19(12-13-5-3-2-4-6-13)16(20)15-8-7-14(17)11-18-15/h2-8,11H,9-10,12H2,1H3. The van der Waals surface area contributed by atoms with Gasteiger partial charge in [0.15, 0.2) is 0 Å². The lowest BCUT2D eigenvalue weighted by atomic mass is 10.2. The van der Waals surface area contributed by atoms with Gasteiger partial charge in [0.25, 0.3) is 5.91 Å². The number of ether oxygens (including phenoxy) is 1. The van der Waals surface area contributed by atoms with Crippen LogP contribution in [0.1, 0.15) is 16.1 Å². The molecule has 0 N–H and O–H groups in total. The normalized spacial score (nSPS) is 10.4. The van der Waals surface area contributed by atoms with Gasteiger partial charge in [0, 0.05) is 26.4 Å². The van der Waals surface area contributed by atoms with Crippen molar-refractivity contribution in [2.45, 2.75) is 6.54 Å². The van der Waals surface area contributed by atoms with Crippen LogP contribution in [0, 0.1) is 0 Å². The van der Waals surface area contributed by atoms with E-state index in [1.165, 1.54) is 6.20 Å². The first-order chi connectivity index (χ1) is 10.2. The molecule has 4 nitrogen and oxygen atoms in total. The molecular formula is C16H17ClN2O2. The maximum Gasteiger partial charge on any atom is 0.272 e. The Bertz CT molecular complexity index is 573. The Hall–Kier alpha value is -1.91. The molecule has 110 valence electrons. The minimum Gasteiger partial charge on any atom is -0.383 e. The van der Waals surface area contributed by atoms with Crippen LogP contribution in [0.2, 0.25) is 5.02 Å². The van der Waals surface area contributed by atoms with Crippen molar-refractivity contribution in [3.63, 3.8) is 0 Å². The molecule has 2 aromatic rings. The van der Waals surface area contributed by atoms with Gasteiger partial charge in [0.05, 0.1) is 11.6 Å².